The first-order valence-electron chi connectivity index (χ1n) is 9.99. The smallest absolute Gasteiger partial charge is 0.270 e. The summed E-state index contributed by atoms with van der Waals surface area (Å²) in [6.45, 7) is 2.58. The Morgan fingerprint density at radius 2 is 2.20 bits per heavy atom. The van der Waals surface area contributed by atoms with Gasteiger partial charge in [0, 0.05) is 32.0 Å². The van der Waals surface area contributed by atoms with Crippen LogP contribution in [0.1, 0.15) is 46.7 Å². The molecule has 3 aromatic heterocycles. The first-order chi connectivity index (χ1) is 14.6. The fourth-order valence-corrected chi connectivity index (χ4v) is 4.58. The van der Waals surface area contributed by atoms with Gasteiger partial charge in [0.15, 0.2) is 5.82 Å². The number of aromatic nitrogens is 7. The standard InChI is InChI=1S/C20H22N8OS/c1-12-22-20(30-26-12)15-11-21-27(2)17(15)19(29)23-14-8-9-28-16(10-14)24-18(25-28)13-6-4-3-5-7-13/h3-6,11,13-14H,7-10H2,1-2H3,(H,23,29). The molecule has 30 heavy (non-hydrogen) atoms. The fourth-order valence-electron chi connectivity index (χ4n) is 3.90. The van der Waals surface area contributed by atoms with Gasteiger partial charge < -0.3 is 5.32 Å². The number of carbonyl (C=O) groups is 1. The van der Waals surface area contributed by atoms with Gasteiger partial charge >= 0.3 is 0 Å². The van der Waals surface area contributed by atoms with E-state index in [2.05, 4.69) is 37.0 Å². The predicted molar refractivity (Wildman–Crippen MR) is 112 cm³/mol. The van der Waals surface area contributed by atoms with Gasteiger partial charge in [0.1, 0.15) is 22.4 Å². The molecule has 1 amide bonds. The van der Waals surface area contributed by atoms with Crippen LogP contribution in [0.15, 0.2) is 30.5 Å². The van der Waals surface area contributed by atoms with E-state index in [4.69, 9.17) is 4.98 Å². The molecule has 1 aliphatic heterocycles. The van der Waals surface area contributed by atoms with Crippen LogP contribution in [0.5, 0.6) is 0 Å². The molecular weight excluding hydrogens is 400 g/mol. The number of allylic oxidation sites excluding steroid dienone is 4. The molecule has 2 atom stereocenters. The fraction of sp³-hybridized carbons (Fsp3) is 0.400. The second-order valence-corrected chi connectivity index (χ2v) is 8.36. The Morgan fingerprint density at radius 1 is 1.30 bits per heavy atom. The third-order valence-corrected chi connectivity index (χ3v) is 6.28. The van der Waals surface area contributed by atoms with Gasteiger partial charge in [-0.05, 0) is 31.3 Å². The van der Waals surface area contributed by atoms with Gasteiger partial charge in [-0.2, -0.15) is 14.6 Å². The summed E-state index contributed by atoms with van der Waals surface area (Å²) in [4.78, 5) is 22.2. The lowest BCUT2D eigenvalue weighted by Gasteiger charge is -2.23. The Bertz CT molecular complexity index is 1150. The van der Waals surface area contributed by atoms with Crippen molar-refractivity contribution in [2.75, 3.05) is 0 Å². The maximum atomic E-state index is 13.1. The van der Waals surface area contributed by atoms with Crippen LogP contribution in [-0.2, 0) is 20.0 Å². The molecule has 1 N–H and O–H groups in total. The van der Waals surface area contributed by atoms with Crippen molar-refractivity contribution in [2.24, 2.45) is 7.05 Å². The number of hydrogen-bond donors (Lipinski definition) is 1. The Hall–Kier alpha value is -3.14. The van der Waals surface area contributed by atoms with Gasteiger partial charge in [-0.25, -0.2) is 14.6 Å². The Morgan fingerprint density at radius 3 is 2.97 bits per heavy atom. The van der Waals surface area contributed by atoms with E-state index < -0.39 is 0 Å². The minimum Gasteiger partial charge on any atom is -0.347 e. The van der Waals surface area contributed by atoms with Crippen LogP contribution in [0.4, 0.5) is 0 Å². The summed E-state index contributed by atoms with van der Waals surface area (Å²) in [5, 5.41) is 12.8. The van der Waals surface area contributed by atoms with Gasteiger partial charge in [-0.15, -0.1) is 0 Å². The number of aryl methyl sites for hydroxylation is 3. The lowest BCUT2D eigenvalue weighted by Crippen LogP contribution is -2.41. The molecule has 0 spiro atoms. The monoisotopic (exact) mass is 422 g/mol. The average molecular weight is 423 g/mol. The summed E-state index contributed by atoms with van der Waals surface area (Å²) in [5.41, 5.74) is 1.21. The second kappa shape index (κ2) is 7.60. The maximum Gasteiger partial charge on any atom is 0.270 e. The largest absolute Gasteiger partial charge is 0.347 e. The molecule has 2 unspecified atom stereocenters. The van der Waals surface area contributed by atoms with Crippen LogP contribution in [0, 0.1) is 6.92 Å². The molecule has 0 aromatic carbocycles. The van der Waals surface area contributed by atoms with Gasteiger partial charge in [0.05, 0.1) is 11.8 Å². The maximum absolute atomic E-state index is 13.1. The van der Waals surface area contributed by atoms with Crippen LogP contribution < -0.4 is 5.32 Å². The van der Waals surface area contributed by atoms with Crippen LogP contribution in [-0.4, -0.2) is 45.9 Å². The van der Waals surface area contributed by atoms with Crippen LogP contribution >= 0.6 is 11.5 Å². The van der Waals surface area contributed by atoms with Crippen molar-refractivity contribution in [1.82, 2.24) is 39.2 Å². The first-order valence-corrected chi connectivity index (χ1v) is 10.8. The van der Waals surface area contributed by atoms with Crippen molar-refractivity contribution in [1.29, 1.82) is 0 Å². The number of fused-ring (bicyclic) bond motifs is 1. The van der Waals surface area contributed by atoms with E-state index in [-0.39, 0.29) is 17.9 Å². The summed E-state index contributed by atoms with van der Waals surface area (Å²) < 4.78 is 7.79. The number of nitrogens with zero attached hydrogens (tertiary/aromatic N) is 7. The molecule has 0 saturated heterocycles. The van der Waals surface area contributed by atoms with Gasteiger partial charge in [0.2, 0.25) is 0 Å². The van der Waals surface area contributed by atoms with E-state index >= 15 is 0 Å². The molecule has 2 aliphatic rings. The second-order valence-electron chi connectivity index (χ2n) is 7.61. The molecule has 0 saturated carbocycles. The molecular formula is C20H22N8OS. The summed E-state index contributed by atoms with van der Waals surface area (Å²) in [5.74, 6) is 2.55. The van der Waals surface area contributed by atoms with Gasteiger partial charge in [0.25, 0.3) is 5.91 Å². The molecule has 5 rings (SSSR count). The van der Waals surface area contributed by atoms with E-state index in [0.717, 1.165) is 31.0 Å². The molecule has 154 valence electrons. The summed E-state index contributed by atoms with van der Waals surface area (Å²) in [7, 11) is 1.77. The molecule has 10 heteroatoms. The zero-order valence-corrected chi connectivity index (χ0v) is 17.6. The molecule has 0 fully saturated rings. The third-order valence-electron chi connectivity index (χ3n) is 5.44. The van der Waals surface area contributed by atoms with Crippen molar-refractivity contribution in [2.45, 2.75) is 44.7 Å². The number of nitrogens with one attached hydrogen (secondary N) is 1. The number of rotatable bonds is 4. The Labute approximate surface area is 177 Å². The SMILES string of the molecule is Cc1nsc(-c2cnn(C)c2C(=O)NC2CCn3nc(C4C=CC=CC4)nc3C2)n1. The predicted octanol–water partition coefficient (Wildman–Crippen LogP) is 2.18. The van der Waals surface area contributed by atoms with Crippen molar-refractivity contribution in [3.05, 3.63) is 53.7 Å². The Balaban J connectivity index is 1.32. The van der Waals surface area contributed by atoms with E-state index in [1.54, 1.807) is 17.9 Å². The summed E-state index contributed by atoms with van der Waals surface area (Å²) in [6.07, 6.45) is 12.4. The lowest BCUT2D eigenvalue weighted by atomic mass is 10.0. The van der Waals surface area contributed by atoms with Crippen LogP contribution in [0.25, 0.3) is 10.6 Å². The first kappa shape index (κ1) is 18.9. The van der Waals surface area contributed by atoms with Crippen molar-refractivity contribution in [3.8, 4) is 10.6 Å². The average Bonchev–Trinajstić information content (AvgIpc) is 3.46. The molecule has 1 aliphatic carbocycles. The zero-order valence-electron chi connectivity index (χ0n) is 16.8. The third kappa shape index (κ3) is 3.47. The molecule has 4 heterocycles. The molecule has 9 nitrogen and oxygen atoms in total. The lowest BCUT2D eigenvalue weighted by molar-refractivity contribution is 0.0921. The molecule has 0 radical (unpaired) electrons. The minimum absolute atomic E-state index is 0.00255. The van der Waals surface area contributed by atoms with E-state index in [9.17, 15) is 4.79 Å². The zero-order chi connectivity index (χ0) is 20.7. The van der Waals surface area contributed by atoms with Gasteiger partial charge in [-0.3, -0.25) is 9.48 Å². The van der Waals surface area contributed by atoms with E-state index in [0.29, 0.717) is 28.5 Å². The highest BCUT2D eigenvalue weighted by Crippen LogP contribution is 2.26. The number of carbonyl (C=O) groups excluding carboxylic acids is 1. The molecule has 0 bridgehead atoms. The summed E-state index contributed by atoms with van der Waals surface area (Å²) >= 11 is 1.27. The van der Waals surface area contributed by atoms with Crippen molar-refractivity contribution in [3.63, 3.8) is 0 Å². The van der Waals surface area contributed by atoms with Crippen LogP contribution in [0.3, 0.4) is 0 Å². The number of hydrogen-bond acceptors (Lipinski definition) is 7. The highest BCUT2D eigenvalue weighted by molar-refractivity contribution is 7.09. The summed E-state index contributed by atoms with van der Waals surface area (Å²) in [6, 6.07) is 0.00255. The normalized spacial score (nSPS) is 20.3. The minimum atomic E-state index is -0.156. The highest BCUT2D eigenvalue weighted by atomic mass is 32.1. The topological polar surface area (TPSA) is 103 Å². The van der Waals surface area contributed by atoms with Crippen molar-refractivity contribution >= 4 is 17.4 Å². The highest BCUT2D eigenvalue weighted by Gasteiger charge is 2.28. The van der Waals surface area contributed by atoms with Gasteiger partial charge in [-0.1, -0.05) is 24.3 Å². The van der Waals surface area contributed by atoms with E-state index in [1.165, 1.54) is 11.5 Å². The Kier molecular flexibility index (Phi) is 4.78. The molecule has 3 aromatic rings. The number of amides is 1. The van der Waals surface area contributed by atoms with E-state index in [1.807, 2.05) is 23.8 Å². The van der Waals surface area contributed by atoms with Crippen LogP contribution in [0.2, 0.25) is 0 Å². The quantitative estimate of drug-likeness (QED) is 0.691. The van der Waals surface area contributed by atoms with Crippen molar-refractivity contribution < 1.29 is 4.79 Å².